The van der Waals surface area contributed by atoms with Crippen LogP contribution >= 0.6 is 0 Å². The molecule has 0 aliphatic carbocycles. The molecule has 0 aliphatic rings. The minimum atomic E-state index is -1.22. The second kappa shape index (κ2) is 12.2. The van der Waals surface area contributed by atoms with Crippen LogP contribution in [0.1, 0.15) is 49.5 Å². The number of rotatable bonds is 12. The number of amides is 2. The van der Waals surface area contributed by atoms with Crippen LogP contribution in [-0.2, 0) is 16.0 Å². The Labute approximate surface area is 217 Å². The number of carbonyl (C=O) groups excluding carboxylic acids is 2. The van der Waals surface area contributed by atoms with E-state index in [1.165, 1.54) is 4.90 Å². The second-order valence-electron chi connectivity index (χ2n) is 9.55. The predicted molar refractivity (Wildman–Crippen MR) is 143 cm³/mol. The maximum absolute atomic E-state index is 13.9. The number of nitrogens with zero attached hydrogens (tertiary/aromatic N) is 1. The van der Waals surface area contributed by atoms with Gasteiger partial charge in [0.15, 0.2) is 0 Å². The Kier molecular flexibility index (Phi) is 9.06. The summed E-state index contributed by atoms with van der Waals surface area (Å²) in [5.74, 6) is -1.46. The molecular formula is C30H34N2O5. The Bertz CT molecular complexity index is 1220. The number of aliphatic carboxylic acids is 1. The molecule has 3 N–H and O–H groups in total. The third-order valence-electron chi connectivity index (χ3n) is 6.22. The number of ether oxygens (including phenoxy) is 1. The fourth-order valence-corrected chi connectivity index (χ4v) is 4.54. The fourth-order valence-electron chi connectivity index (χ4n) is 4.54. The molecule has 194 valence electrons. The second-order valence-corrected chi connectivity index (χ2v) is 9.55. The molecule has 7 heteroatoms. The number of primary amides is 1. The zero-order valence-electron chi connectivity index (χ0n) is 21.5. The molecule has 0 saturated heterocycles. The Morgan fingerprint density at radius 2 is 1.62 bits per heavy atom. The summed E-state index contributed by atoms with van der Waals surface area (Å²) in [4.78, 5) is 39.1. The molecule has 0 spiro atoms. The first-order valence-corrected chi connectivity index (χ1v) is 12.3. The lowest BCUT2D eigenvalue weighted by molar-refractivity contribution is -0.144. The highest BCUT2D eigenvalue weighted by Gasteiger charge is 2.40. The molecule has 0 aromatic heterocycles. The van der Waals surface area contributed by atoms with Gasteiger partial charge in [0, 0.05) is 17.5 Å². The van der Waals surface area contributed by atoms with Gasteiger partial charge in [0.1, 0.15) is 11.8 Å². The van der Waals surface area contributed by atoms with E-state index in [0.29, 0.717) is 18.6 Å². The third-order valence-corrected chi connectivity index (χ3v) is 6.22. The summed E-state index contributed by atoms with van der Waals surface area (Å²) in [6.07, 6.45) is 0.219. The van der Waals surface area contributed by atoms with Crippen LogP contribution in [0.2, 0.25) is 0 Å². The highest BCUT2D eigenvalue weighted by molar-refractivity contribution is 5.97. The minimum absolute atomic E-state index is 0.0725. The maximum atomic E-state index is 13.9. The predicted octanol–water partition coefficient (Wildman–Crippen LogP) is 4.93. The number of benzene rings is 3. The van der Waals surface area contributed by atoms with Crippen molar-refractivity contribution in [3.8, 4) is 16.9 Å². The van der Waals surface area contributed by atoms with Crippen LogP contribution < -0.4 is 10.5 Å². The summed E-state index contributed by atoms with van der Waals surface area (Å²) >= 11 is 0. The van der Waals surface area contributed by atoms with Gasteiger partial charge in [0.25, 0.3) is 5.91 Å². The van der Waals surface area contributed by atoms with E-state index in [1.807, 2.05) is 87.5 Å². The highest BCUT2D eigenvalue weighted by Crippen LogP contribution is 2.29. The van der Waals surface area contributed by atoms with E-state index >= 15 is 0 Å². The molecule has 0 radical (unpaired) electrons. The Balaban J connectivity index is 1.97. The van der Waals surface area contributed by atoms with Gasteiger partial charge in [0.2, 0.25) is 5.91 Å². The summed E-state index contributed by atoms with van der Waals surface area (Å²) in [6, 6.07) is 23.1. The van der Waals surface area contributed by atoms with Gasteiger partial charge >= 0.3 is 5.97 Å². The van der Waals surface area contributed by atoms with Crippen molar-refractivity contribution >= 4 is 17.8 Å². The van der Waals surface area contributed by atoms with Crippen molar-refractivity contribution in [1.82, 2.24) is 4.90 Å². The van der Waals surface area contributed by atoms with E-state index in [0.717, 1.165) is 22.4 Å². The molecule has 0 bridgehead atoms. The number of carbonyl (C=O) groups is 3. The van der Waals surface area contributed by atoms with Crippen molar-refractivity contribution < 1.29 is 24.2 Å². The quantitative estimate of drug-likeness (QED) is 0.365. The van der Waals surface area contributed by atoms with Crippen LogP contribution in [0.15, 0.2) is 78.9 Å². The van der Waals surface area contributed by atoms with Crippen molar-refractivity contribution in [2.45, 2.75) is 51.6 Å². The monoisotopic (exact) mass is 502 g/mol. The van der Waals surface area contributed by atoms with E-state index in [4.69, 9.17) is 10.5 Å². The maximum Gasteiger partial charge on any atom is 0.326 e. The number of nitrogens with two attached hydrogens (primary N) is 1. The number of carboxylic acid groups (broad SMARTS) is 1. The van der Waals surface area contributed by atoms with Gasteiger partial charge in [-0.3, -0.25) is 9.59 Å². The summed E-state index contributed by atoms with van der Waals surface area (Å²) < 4.78 is 5.59. The zero-order valence-corrected chi connectivity index (χ0v) is 21.5. The van der Waals surface area contributed by atoms with Gasteiger partial charge in [-0.1, -0.05) is 54.6 Å². The number of carboxylic acids is 1. The van der Waals surface area contributed by atoms with E-state index < -0.39 is 29.4 Å². The molecule has 0 unspecified atom stereocenters. The van der Waals surface area contributed by atoms with E-state index in [1.54, 1.807) is 12.1 Å². The molecular weight excluding hydrogens is 468 g/mol. The average molecular weight is 503 g/mol. The molecule has 0 saturated carbocycles. The molecule has 7 nitrogen and oxygen atoms in total. The number of hydrogen-bond donors (Lipinski definition) is 2. The standard InChI is InChI=1S/C30H34N2O5/c1-4-37-25-12-8-11-24(19-25)22-13-15-23(16-14-22)28(34)32(26(29(35)36)17-18-27(31)33)30(2,3)20-21-9-6-5-7-10-21/h5-16,19,26H,4,17-18,20H2,1-3H3,(H2,31,33)(H,35,36)/t26-/m0/s1. The van der Waals surface area contributed by atoms with Gasteiger partial charge in [0.05, 0.1) is 6.61 Å². The largest absolute Gasteiger partial charge is 0.494 e. The first kappa shape index (κ1) is 27.5. The normalized spacial score (nSPS) is 12.0. The third kappa shape index (κ3) is 7.19. The molecule has 0 fully saturated rings. The first-order chi connectivity index (χ1) is 17.6. The highest BCUT2D eigenvalue weighted by atomic mass is 16.5. The summed E-state index contributed by atoms with van der Waals surface area (Å²) in [5.41, 5.74) is 7.61. The molecule has 3 rings (SSSR count). The van der Waals surface area contributed by atoms with Crippen molar-refractivity contribution in [3.05, 3.63) is 90.0 Å². The van der Waals surface area contributed by atoms with Crippen LogP contribution in [0.3, 0.4) is 0 Å². The Hall–Kier alpha value is -4.13. The molecule has 3 aromatic rings. The van der Waals surface area contributed by atoms with Crippen LogP contribution in [-0.4, -0.2) is 46.0 Å². The zero-order chi connectivity index (χ0) is 27.0. The Morgan fingerprint density at radius 3 is 2.22 bits per heavy atom. The Morgan fingerprint density at radius 1 is 0.946 bits per heavy atom. The van der Waals surface area contributed by atoms with Gasteiger partial charge in [-0.05, 0) is 74.6 Å². The van der Waals surface area contributed by atoms with E-state index in [2.05, 4.69) is 0 Å². The lowest BCUT2D eigenvalue weighted by Crippen LogP contribution is -2.57. The fraction of sp³-hybridized carbons (Fsp3) is 0.300. The lowest BCUT2D eigenvalue weighted by Gasteiger charge is -2.42. The summed E-state index contributed by atoms with van der Waals surface area (Å²) in [7, 11) is 0. The van der Waals surface area contributed by atoms with Gasteiger partial charge in [-0.15, -0.1) is 0 Å². The van der Waals surface area contributed by atoms with Crippen LogP contribution in [0.4, 0.5) is 0 Å². The van der Waals surface area contributed by atoms with Crippen LogP contribution in [0.25, 0.3) is 11.1 Å². The molecule has 37 heavy (non-hydrogen) atoms. The van der Waals surface area contributed by atoms with Crippen molar-refractivity contribution in [2.75, 3.05) is 6.61 Å². The molecule has 1 atom stereocenters. The summed E-state index contributed by atoms with van der Waals surface area (Å²) in [6.45, 7) is 6.16. The van der Waals surface area contributed by atoms with Gasteiger partial charge in [-0.2, -0.15) is 0 Å². The average Bonchev–Trinajstić information content (AvgIpc) is 2.86. The molecule has 2 amide bonds. The van der Waals surface area contributed by atoms with Crippen molar-refractivity contribution in [2.24, 2.45) is 5.73 Å². The van der Waals surface area contributed by atoms with Crippen molar-refractivity contribution in [1.29, 1.82) is 0 Å². The van der Waals surface area contributed by atoms with E-state index in [9.17, 15) is 19.5 Å². The summed E-state index contributed by atoms with van der Waals surface area (Å²) in [5, 5.41) is 10.1. The lowest BCUT2D eigenvalue weighted by atomic mass is 9.89. The SMILES string of the molecule is CCOc1cccc(-c2ccc(C(=O)N([C@@H](CCC(N)=O)C(=O)O)C(C)(C)Cc3ccccc3)cc2)c1. The van der Waals surface area contributed by atoms with Gasteiger partial charge in [-0.25, -0.2) is 4.79 Å². The van der Waals surface area contributed by atoms with Crippen LogP contribution in [0.5, 0.6) is 5.75 Å². The first-order valence-electron chi connectivity index (χ1n) is 12.3. The minimum Gasteiger partial charge on any atom is -0.494 e. The van der Waals surface area contributed by atoms with Crippen molar-refractivity contribution in [3.63, 3.8) is 0 Å². The van der Waals surface area contributed by atoms with Gasteiger partial charge < -0.3 is 20.5 Å². The number of hydrogen-bond acceptors (Lipinski definition) is 4. The molecule has 3 aromatic carbocycles. The smallest absolute Gasteiger partial charge is 0.326 e. The molecule has 0 aliphatic heterocycles. The molecule has 0 heterocycles. The van der Waals surface area contributed by atoms with Crippen LogP contribution in [0, 0.1) is 0 Å². The topological polar surface area (TPSA) is 110 Å². The van der Waals surface area contributed by atoms with E-state index in [-0.39, 0.29) is 12.8 Å².